The molecular formula is C13H7F2NS. The van der Waals surface area contributed by atoms with Crippen molar-refractivity contribution in [1.82, 2.24) is 0 Å². The first-order chi connectivity index (χ1) is 8.22. The Bertz CT molecular complexity index is 590. The second-order valence-electron chi connectivity index (χ2n) is 3.32. The summed E-state index contributed by atoms with van der Waals surface area (Å²) >= 11 is 0.747. The molecule has 2 aromatic carbocycles. The van der Waals surface area contributed by atoms with Gasteiger partial charge in [0.1, 0.15) is 17.0 Å². The van der Waals surface area contributed by atoms with E-state index in [-0.39, 0.29) is 4.90 Å². The lowest BCUT2D eigenvalue weighted by Gasteiger charge is -2.04. The minimum atomic E-state index is -0.516. The molecule has 0 aliphatic carbocycles. The number of benzene rings is 2. The zero-order valence-corrected chi connectivity index (χ0v) is 9.47. The predicted octanol–water partition coefficient (Wildman–Crippen LogP) is 4.20. The van der Waals surface area contributed by atoms with Gasteiger partial charge >= 0.3 is 0 Å². The zero-order valence-electron chi connectivity index (χ0n) is 8.65. The van der Waals surface area contributed by atoms with E-state index in [0.29, 0.717) is 11.1 Å². The van der Waals surface area contributed by atoms with E-state index in [2.05, 4.69) is 0 Å². The van der Waals surface area contributed by atoms with Gasteiger partial charge in [0.05, 0.1) is 4.90 Å². The number of halogens is 2. The van der Waals surface area contributed by atoms with Gasteiger partial charge in [0, 0.05) is 5.56 Å². The first-order valence-electron chi connectivity index (χ1n) is 4.83. The summed E-state index contributed by atoms with van der Waals surface area (Å²) in [5.74, 6) is -0.912. The predicted molar refractivity (Wildman–Crippen MR) is 63.3 cm³/mol. The largest absolute Gasteiger partial charge is 0.206 e. The second-order valence-corrected chi connectivity index (χ2v) is 4.14. The second kappa shape index (κ2) is 4.98. The maximum Gasteiger partial charge on any atom is 0.138 e. The van der Waals surface area contributed by atoms with Gasteiger partial charge in [-0.2, -0.15) is 5.26 Å². The van der Waals surface area contributed by atoms with E-state index < -0.39 is 11.6 Å². The fourth-order valence-corrected chi connectivity index (χ4v) is 1.89. The van der Waals surface area contributed by atoms with Crippen LogP contribution in [-0.4, -0.2) is 0 Å². The smallest absolute Gasteiger partial charge is 0.138 e. The summed E-state index contributed by atoms with van der Waals surface area (Å²) in [6.45, 7) is 0. The minimum Gasteiger partial charge on any atom is -0.206 e. The molecule has 84 valence electrons. The maximum atomic E-state index is 13.6. The highest BCUT2D eigenvalue weighted by atomic mass is 32.2. The SMILES string of the molecule is N#CSc1ccc(-c2ccccc2F)cc1F. The van der Waals surface area contributed by atoms with Crippen molar-refractivity contribution in [2.45, 2.75) is 4.90 Å². The molecule has 0 saturated carbocycles. The summed E-state index contributed by atoms with van der Waals surface area (Å²) in [6.07, 6.45) is 0. The van der Waals surface area contributed by atoms with Gasteiger partial charge in [0.25, 0.3) is 0 Å². The van der Waals surface area contributed by atoms with Crippen molar-refractivity contribution in [1.29, 1.82) is 5.26 Å². The maximum absolute atomic E-state index is 13.6. The standard InChI is InChI=1S/C13H7F2NS/c14-11-4-2-1-3-10(11)9-5-6-13(17-8-16)12(15)7-9/h1-7H. The molecule has 0 atom stereocenters. The monoisotopic (exact) mass is 247 g/mol. The van der Waals surface area contributed by atoms with Gasteiger partial charge in [0.2, 0.25) is 0 Å². The van der Waals surface area contributed by atoms with E-state index in [9.17, 15) is 8.78 Å². The Morgan fingerprint density at radius 1 is 1.00 bits per heavy atom. The van der Waals surface area contributed by atoms with Crippen molar-refractivity contribution in [3.8, 4) is 16.5 Å². The molecule has 1 nitrogen and oxygen atoms in total. The van der Waals surface area contributed by atoms with Crippen molar-refractivity contribution in [2.75, 3.05) is 0 Å². The summed E-state index contributed by atoms with van der Waals surface area (Å²) in [6, 6.07) is 10.5. The molecule has 0 saturated heterocycles. The Labute approximate surface area is 102 Å². The Morgan fingerprint density at radius 3 is 2.41 bits per heavy atom. The Morgan fingerprint density at radius 2 is 1.76 bits per heavy atom. The van der Waals surface area contributed by atoms with Crippen LogP contribution in [0.4, 0.5) is 8.78 Å². The third kappa shape index (κ3) is 2.45. The molecule has 0 radical (unpaired) electrons. The van der Waals surface area contributed by atoms with Gasteiger partial charge in [0.15, 0.2) is 0 Å². The van der Waals surface area contributed by atoms with Crippen molar-refractivity contribution >= 4 is 11.8 Å². The van der Waals surface area contributed by atoms with Crippen LogP contribution in [-0.2, 0) is 0 Å². The summed E-state index contributed by atoms with van der Waals surface area (Å²) in [5, 5.41) is 10.3. The summed E-state index contributed by atoms with van der Waals surface area (Å²) in [5.41, 5.74) is 0.808. The number of nitriles is 1. The highest BCUT2D eigenvalue weighted by Gasteiger charge is 2.08. The van der Waals surface area contributed by atoms with Crippen molar-refractivity contribution in [3.63, 3.8) is 0 Å². The van der Waals surface area contributed by atoms with E-state index in [0.717, 1.165) is 11.8 Å². The van der Waals surface area contributed by atoms with E-state index >= 15 is 0 Å². The van der Waals surface area contributed by atoms with Gasteiger partial charge in [-0.1, -0.05) is 24.3 Å². The average Bonchev–Trinajstić information content (AvgIpc) is 2.33. The molecule has 0 spiro atoms. The quantitative estimate of drug-likeness (QED) is 0.586. The van der Waals surface area contributed by atoms with Crippen LogP contribution < -0.4 is 0 Å². The molecule has 0 fully saturated rings. The molecule has 0 heterocycles. The van der Waals surface area contributed by atoms with Gasteiger partial charge in [-0.25, -0.2) is 8.78 Å². The van der Waals surface area contributed by atoms with Crippen LogP contribution in [0.2, 0.25) is 0 Å². The fourth-order valence-electron chi connectivity index (χ4n) is 1.50. The first kappa shape index (κ1) is 11.6. The minimum absolute atomic E-state index is 0.243. The van der Waals surface area contributed by atoms with Crippen LogP contribution in [0.25, 0.3) is 11.1 Å². The normalized spacial score (nSPS) is 9.94. The Kier molecular flexibility index (Phi) is 3.40. The number of rotatable bonds is 2. The molecular weight excluding hydrogens is 240 g/mol. The van der Waals surface area contributed by atoms with Gasteiger partial charge in [-0.15, -0.1) is 0 Å². The summed E-state index contributed by atoms with van der Waals surface area (Å²) < 4.78 is 27.0. The summed E-state index contributed by atoms with van der Waals surface area (Å²) in [4.78, 5) is 0.243. The van der Waals surface area contributed by atoms with Gasteiger partial charge < -0.3 is 0 Å². The number of hydrogen-bond donors (Lipinski definition) is 0. The molecule has 0 aliphatic heterocycles. The van der Waals surface area contributed by atoms with Crippen LogP contribution in [0.5, 0.6) is 0 Å². The Balaban J connectivity index is 2.46. The highest BCUT2D eigenvalue weighted by molar-refractivity contribution is 8.03. The first-order valence-corrected chi connectivity index (χ1v) is 5.64. The third-order valence-electron chi connectivity index (χ3n) is 2.27. The molecule has 2 aromatic rings. The number of thiocyanates is 1. The van der Waals surface area contributed by atoms with Crippen molar-refractivity contribution in [2.24, 2.45) is 0 Å². The van der Waals surface area contributed by atoms with Crippen molar-refractivity contribution in [3.05, 3.63) is 54.1 Å². The average molecular weight is 247 g/mol. The topological polar surface area (TPSA) is 23.8 Å². The number of nitrogens with zero attached hydrogens (tertiary/aromatic N) is 1. The van der Waals surface area contributed by atoms with E-state index in [1.54, 1.807) is 29.7 Å². The molecule has 4 heteroatoms. The van der Waals surface area contributed by atoms with Gasteiger partial charge in [-0.3, -0.25) is 0 Å². The molecule has 0 amide bonds. The van der Waals surface area contributed by atoms with Crippen LogP contribution in [0.3, 0.4) is 0 Å². The third-order valence-corrected chi connectivity index (χ3v) is 2.91. The molecule has 0 N–H and O–H groups in total. The van der Waals surface area contributed by atoms with Crippen LogP contribution in [0.1, 0.15) is 0 Å². The van der Waals surface area contributed by atoms with Crippen LogP contribution in [0, 0.1) is 22.3 Å². The molecule has 0 aromatic heterocycles. The molecule has 0 aliphatic rings. The lowest BCUT2D eigenvalue weighted by atomic mass is 10.1. The van der Waals surface area contributed by atoms with E-state index in [1.807, 2.05) is 0 Å². The molecule has 2 rings (SSSR count). The lowest BCUT2D eigenvalue weighted by molar-refractivity contribution is 0.602. The van der Waals surface area contributed by atoms with E-state index in [4.69, 9.17) is 5.26 Å². The van der Waals surface area contributed by atoms with Crippen molar-refractivity contribution < 1.29 is 8.78 Å². The number of hydrogen-bond acceptors (Lipinski definition) is 2. The lowest BCUT2D eigenvalue weighted by Crippen LogP contribution is -1.86. The Hall–Kier alpha value is -1.86. The van der Waals surface area contributed by atoms with Crippen LogP contribution in [0.15, 0.2) is 47.4 Å². The summed E-state index contributed by atoms with van der Waals surface area (Å²) in [7, 11) is 0. The fraction of sp³-hybridized carbons (Fsp3) is 0. The zero-order chi connectivity index (χ0) is 12.3. The van der Waals surface area contributed by atoms with E-state index in [1.165, 1.54) is 18.2 Å². The highest BCUT2D eigenvalue weighted by Crippen LogP contribution is 2.28. The van der Waals surface area contributed by atoms with Crippen LogP contribution >= 0.6 is 11.8 Å². The molecule has 0 unspecified atom stereocenters. The number of thioether (sulfide) groups is 1. The molecule has 0 bridgehead atoms. The molecule has 17 heavy (non-hydrogen) atoms. The van der Waals surface area contributed by atoms with Gasteiger partial charge in [-0.05, 0) is 35.5 Å².